The van der Waals surface area contributed by atoms with Gasteiger partial charge in [0, 0.05) is 23.5 Å². The molecule has 1 aromatic rings. The maximum Gasteiger partial charge on any atom is 0.146 e. The first-order chi connectivity index (χ1) is 8.68. The van der Waals surface area contributed by atoms with Gasteiger partial charge in [0.25, 0.3) is 0 Å². The molecule has 0 aliphatic heterocycles. The van der Waals surface area contributed by atoms with Gasteiger partial charge in [-0.05, 0) is 18.9 Å². The van der Waals surface area contributed by atoms with Crippen LogP contribution in [0.3, 0.4) is 0 Å². The monoisotopic (exact) mass is 289 g/mol. The second-order valence-corrected chi connectivity index (χ2v) is 5.82. The molecule has 0 amide bonds. The Morgan fingerprint density at radius 3 is 2.83 bits per heavy atom. The molecule has 1 aliphatic rings. The van der Waals surface area contributed by atoms with E-state index in [9.17, 15) is 4.39 Å². The predicted molar refractivity (Wildman–Crippen MR) is 74.8 cm³/mol. The van der Waals surface area contributed by atoms with E-state index in [-0.39, 0.29) is 22.3 Å². The molecule has 0 bridgehead atoms. The van der Waals surface area contributed by atoms with E-state index in [2.05, 4.69) is 5.32 Å². The van der Waals surface area contributed by atoms with E-state index in [1.807, 2.05) is 0 Å². The molecule has 18 heavy (non-hydrogen) atoms. The van der Waals surface area contributed by atoms with E-state index < -0.39 is 0 Å². The molecule has 0 saturated heterocycles. The summed E-state index contributed by atoms with van der Waals surface area (Å²) in [7, 11) is 0. The molecule has 0 spiro atoms. The summed E-state index contributed by atoms with van der Waals surface area (Å²) < 4.78 is 13.7. The van der Waals surface area contributed by atoms with E-state index in [0.29, 0.717) is 12.1 Å². The third-order valence-corrected chi connectivity index (χ3v) is 4.33. The summed E-state index contributed by atoms with van der Waals surface area (Å²) in [6.07, 6.45) is 5.73. The molecular weight excluding hydrogens is 272 g/mol. The Labute approximate surface area is 118 Å². The normalized spacial score (nSPS) is 24.8. The van der Waals surface area contributed by atoms with Gasteiger partial charge in [-0.25, -0.2) is 4.39 Å². The van der Waals surface area contributed by atoms with Gasteiger partial charge in [0.05, 0.1) is 5.02 Å². The van der Waals surface area contributed by atoms with E-state index in [0.717, 1.165) is 12.8 Å². The van der Waals surface area contributed by atoms with Gasteiger partial charge >= 0.3 is 0 Å². The number of rotatable bonds is 3. The predicted octanol–water partition coefficient (Wildman–Crippen LogP) is 4.51. The first-order valence-corrected chi connectivity index (χ1v) is 7.30. The Morgan fingerprint density at radius 1 is 1.22 bits per heavy atom. The summed E-state index contributed by atoms with van der Waals surface area (Å²) in [5.74, 6) is -0.327. The van der Waals surface area contributed by atoms with Crippen molar-refractivity contribution in [2.24, 2.45) is 0 Å². The minimum absolute atomic E-state index is 0.148. The molecule has 2 rings (SSSR count). The second-order valence-electron chi connectivity index (χ2n) is 4.85. The topological polar surface area (TPSA) is 12.0 Å². The number of nitrogens with one attached hydrogen (secondary N) is 1. The third-order valence-electron chi connectivity index (χ3n) is 3.52. The fourth-order valence-corrected chi connectivity index (χ4v) is 2.98. The van der Waals surface area contributed by atoms with Crippen LogP contribution in [0.5, 0.6) is 0 Å². The van der Waals surface area contributed by atoms with Gasteiger partial charge in [0.2, 0.25) is 0 Å². The zero-order valence-corrected chi connectivity index (χ0v) is 11.8. The molecule has 1 nitrogen and oxygen atoms in total. The lowest BCUT2D eigenvalue weighted by Crippen LogP contribution is -2.36. The third kappa shape index (κ3) is 3.59. The standard InChI is InChI=1S/C14H18Cl2FN/c15-11-6-2-1-3-8-13(11)18-9-10-5-4-7-12(16)14(10)17/h4-5,7,11,13,18H,1-3,6,8-9H2. The lowest BCUT2D eigenvalue weighted by Gasteiger charge is -2.21. The highest BCUT2D eigenvalue weighted by molar-refractivity contribution is 6.30. The molecule has 1 aromatic carbocycles. The van der Waals surface area contributed by atoms with E-state index in [1.165, 1.54) is 19.3 Å². The molecule has 1 aliphatic carbocycles. The van der Waals surface area contributed by atoms with Gasteiger partial charge < -0.3 is 5.32 Å². The van der Waals surface area contributed by atoms with Crippen LogP contribution in [0, 0.1) is 5.82 Å². The van der Waals surface area contributed by atoms with Crippen molar-refractivity contribution >= 4 is 23.2 Å². The van der Waals surface area contributed by atoms with Crippen LogP contribution in [0.4, 0.5) is 4.39 Å². The van der Waals surface area contributed by atoms with E-state index >= 15 is 0 Å². The zero-order valence-electron chi connectivity index (χ0n) is 10.3. The minimum Gasteiger partial charge on any atom is -0.308 e. The zero-order chi connectivity index (χ0) is 13.0. The summed E-state index contributed by atoms with van der Waals surface area (Å²) in [4.78, 5) is 0. The average Bonchev–Trinajstić information content (AvgIpc) is 2.56. The van der Waals surface area contributed by atoms with Gasteiger partial charge in [0.1, 0.15) is 5.82 Å². The first-order valence-electron chi connectivity index (χ1n) is 6.49. The highest BCUT2D eigenvalue weighted by Crippen LogP contribution is 2.23. The smallest absolute Gasteiger partial charge is 0.146 e. The maximum atomic E-state index is 13.7. The first kappa shape index (κ1) is 14.1. The number of halogens is 3. The van der Waals surface area contributed by atoms with Crippen LogP contribution < -0.4 is 5.32 Å². The molecular formula is C14H18Cl2FN. The van der Waals surface area contributed by atoms with Crippen molar-refractivity contribution in [2.45, 2.75) is 50.1 Å². The molecule has 100 valence electrons. The summed E-state index contributed by atoms with van der Waals surface area (Å²) in [5, 5.41) is 3.69. The lowest BCUT2D eigenvalue weighted by atomic mass is 10.1. The molecule has 0 heterocycles. The Balaban J connectivity index is 1.95. The Hall–Kier alpha value is -0.310. The Bertz CT molecular complexity index is 397. The van der Waals surface area contributed by atoms with Crippen molar-refractivity contribution in [1.29, 1.82) is 0 Å². The van der Waals surface area contributed by atoms with Crippen LogP contribution in [0.1, 0.15) is 37.7 Å². The SMILES string of the molecule is Fc1c(Cl)cccc1CNC1CCCCCC1Cl. The molecule has 0 radical (unpaired) electrons. The van der Waals surface area contributed by atoms with Crippen molar-refractivity contribution in [3.8, 4) is 0 Å². The van der Waals surface area contributed by atoms with Crippen LogP contribution in [0.25, 0.3) is 0 Å². The van der Waals surface area contributed by atoms with Crippen molar-refractivity contribution < 1.29 is 4.39 Å². The van der Waals surface area contributed by atoms with Gasteiger partial charge in [-0.1, -0.05) is 43.0 Å². The summed E-state index contributed by atoms with van der Waals surface area (Å²) in [6, 6.07) is 5.37. The van der Waals surface area contributed by atoms with E-state index in [4.69, 9.17) is 23.2 Å². The molecule has 1 N–H and O–H groups in total. The van der Waals surface area contributed by atoms with Crippen molar-refractivity contribution in [3.63, 3.8) is 0 Å². The molecule has 1 fully saturated rings. The summed E-state index contributed by atoms with van der Waals surface area (Å²) in [6.45, 7) is 0.486. The van der Waals surface area contributed by atoms with Gasteiger partial charge in [-0.3, -0.25) is 0 Å². The van der Waals surface area contributed by atoms with Gasteiger partial charge in [-0.2, -0.15) is 0 Å². The Morgan fingerprint density at radius 2 is 2.00 bits per heavy atom. The fraction of sp³-hybridized carbons (Fsp3) is 0.571. The van der Waals surface area contributed by atoms with Crippen LogP contribution >= 0.6 is 23.2 Å². The van der Waals surface area contributed by atoms with Crippen LogP contribution in [0.2, 0.25) is 5.02 Å². The van der Waals surface area contributed by atoms with Crippen LogP contribution in [-0.4, -0.2) is 11.4 Å². The number of alkyl halides is 1. The summed E-state index contributed by atoms with van der Waals surface area (Å²) in [5.41, 5.74) is 0.607. The van der Waals surface area contributed by atoms with Gasteiger partial charge in [0.15, 0.2) is 0 Å². The summed E-state index contributed by atoms with van der Waals surface area (Å²) >= 11 is 12.1. The maximum absolute atomic E-state index is 13.7. The molecule has 2 atom stereocenters. The van der Waals surface area contributed by atoms with Gasteiger partial charge in [-0.15, -0.1) is 11.6 Å². The number of hydrogen-bond acceptors (Lipinski definition) is 1. The highest BCUT2D eigenvalue weighted by Gasteiger charge is 2.21. The molecule has 0 aromatic heterocycles. The highest BCUT2D eigenvalue weighted by atomic mass is 35.5. The van der Waals surface area contributed by atoms with Crippen LogP contribution in [-0.2, 0) is 6.54 Å². The lowest BCUT2D eigenvalue weighted by molar-refractivity contribution is 0.457. The number of benzene rings is 1. The quantitative estimate of drug-likeness (QED) is 0.638. The molecule has 1 saturated carbocycles. The largest absolute Gasteiger partial charge is 0.308 e. The van der Waals surface area contributed by atoms with Crippen molar-refractivity contribution in [3.05, 3.63) is 34.6 Å². The Kier molecular flexibility index (Phi) is 5.28. The fourth-order valence-electron chi connectivity index (χ4n) is 2.42. The van der Waals surface area contributed by atoms with Crippen molar-refractivity contribution in [2.75, 3.05) is 0 Å². The van der Waals surface area contributed by atoms with Crippen LogP contribution in [0.15, 0.2) is 18.2 Å². The minimum atomic E-state index is -0.327. The average molecular weight is 290 g/mol. The molecule has 4 heteroatoms. The number of hydrogen-bond donors (Lipinski definition) is 1. The second kappa shape index (κ2) is 6.74. The molecule has 2 unspecified atom stereocenters. The van der Waals surface area contributed by atoms with Crippen molar-refractivity contribution in [1.82, 2.24) is 5.32 Å². The van der Waals surface area contributed by atoms with E-state index in [1.54, 1.807) is 18.2 Å².